The fraction of sp³-hybridized carbons (Fsp3) is 0.214. The highest BCUT2D eigenvalue weighted by atomic mass is 32.2. The zero-order valence-electron chi connectivity index (χ0n) is 11.8. The van der Waals surface area contributed by atoms with E-state index in [1.54, 1.807) is 12.1 Å². The van der Waals surface area contributed by atoms with E-state index >= 15 is 0 Å². The molecule has 6 nitrogen and oxygen atoms in total. The third-order valence-electron chi connectivity index (χ3n) is 3.00. The van der Waals surface area contributed by atoms with E-state index < -0.39 is 11.2 Å². The van der Waals surface area contributed by atoms with Gasteiger partial charge >= 0.3 is 5.69 Å². The maximum Gasteiger partial charge on any atom is 0.331 e. The molecule has 2 rings (SSSR count). The molecule has 0 aliphatic carbocycles. The lowest BCUT2D eigenvalue weighted by molar-refractivity contribution is 0.404. The quantitative estimate of drug-likeness (QED) is 0.794. The molecule has 0 fully saturated rings. The fourth-order valence-electron chi connectivity index (χ4n) is 1.85. The summed E-state index contributed by atoms with van der Waals surface area (Å²) in [6.07, 6.45) is 0. The van der Waals surface area contributed by atoms with Crippen molar-refractivity contribution in [2.24, 2.45) is 14.1 Å². The molecule has 0 amide bonds. The first-order chi connectivity index (χ1) is 10.0. The highest BCUT2D eigenvalue weighted by Gasteiger charge is 2.17. The SMILES string of the molecule is COc1ccccc1Sc1c(C#N)c(=O)n(C)c(=O)n1C. The van der Waals surface area contributed by atoms with Crippen molar-refractivity contribution in [1.82, 2.24) is 9.13 Å². The zero-order valence-corrected chi connectivity index (χ0v) is 12.6. The minimum absolute atomic E-state index is 0.0597. The van der Waals surface area contributed by atoms with E-state index in [9.17, 15) is 14.9 Å². The van der Waals surface area contributed by atoms with Crippen molar-refractivity contribution in [3.05, 3.63) is 50.7 Å². The number of nitriles is 1. The van der Waals surface area contributed by atoms with E-state index in [4.69, 9.17) is 4.74 Å². The summed E-state index contributed by atoms with van der Waals surface area (Å²) < 4.78 is 7.45. The molecule has 1 aromatic carbocycles. The molecule has 0 unspecified atom stereocenters. The van der Waals surface area contributed by atoms with Crippen LogP contribution in [0, 0.1) is 11.3 Å². The minimum Gasteiger partial charge on any atom is -0.496 e. The lowest BCUT2D eigenvalue weighted by Crippen LogP contribution is -2.39. The second-order valence-electron chi connectivity index (χ2n) is 4.25. The van der Waals surface area contributed by atoms with E-state index in [0.29, 0.717) is 10.8 Å². The molecule has 0 aliphatic heterocycles. The Balaban J connectivity index is 2.68. The van der Waals surface area contributed by atoms with Gasteiger partial charge in [-0.25, -0.2) is 4.79 Å². The smallest absolute Gasteiger partial charge is 0.331 e. The van der Waals surface area contributed by atoms with Crippen molar-refractivity contribution in [2.45, 2.75) is 9.92 Å². The highest BCUT2D eigenvalue weighted by Crippen LogP contribution is 2.34. The summed E-state index contributed by atoms with van der Waals surface area (Å²) in [4.78, 5) is 24.7. The molecule has 0 spiro atoms. The van der Waals surface area contributed by atoms with Crippen LogP contribution >= 0.6 is 11.8 Å². The van der Waals surface area contributed by atoms with E-state index in [0.717, 1.165) is 21.2 Å². The predicted octanol–water partition coefficient (Wildman–Crippen LogP) is 1.12. The second kappa shape index (κ2) is 5.89. The molecule has 0 radical (unpaired) electrons. The summed E-state index contributed by atoms with van der Waals surface area (Å²) in [5.41, 5.74) is -1.13. The van der Waals surface area contributed by atoms with Crippen LogP contribution in [-0.2, 0) is 14.1 Å². The number of hydrogen-bond acceptors (Lipinski definition) is 5. The van der Waals surface area contributed by atoms with Crippen LogP contribution in [0.2, 0.25) is 0 Å². The maximum absolute atomic E-state index is 12.0. The summed E-state index contributed by atoms with van der Waals surface area (Å²) in [6.45, 7) is 0. The maximum atomic E-state index is 12.0. The number of nitrogens with zero attached hydrogens (tertiary/aromatic N) is 3. The number of ether oxygens (including phenoxy) is 1. The Kier molecular flexibility index (Phi) is 4.19. The fourth-order valence-corrected chi connectivity index (χ4v) is 2.90. The molecule has 1 aromatic heterocycles. The molecule has 108 valence electrons. The van der Waals surface area contributed by atoms with Crippen molar-refractivity contribution in [1.29, 1.82) is 5.26 Å². The van der Waals surface area contributed by atoms with Gasteiger partial charge < -0.3 is 4.74 Å². The van der Waals surface area contributed by atoms with Gasteiger partial charge in [0.2, 0.25) is 0 Å². The average Bonchev–Trinajstić information content (AvgIpc) is 2.51. The van der Waals surface area contributed by atoms with Crippen LogP contribution in [0.15, 0.2) is 43.8 Å². The number of benzene rings is 1. The number of methoxy groups -OCH3 is 1. The molecule has 2 aromatic rings. The van der Waals surface area contributed by atoms with Crippen molar-refractivity contribution >= 4 is 11.8 Å². The van der Waals surface area contributed by atoms with Crippen LogP contribution in [0.1, 0.15) is 5.56 Å². The van der Waals surface area contributed by atoms with Crippen molar-refractivity contribution < 1.29 is 4.74 Å². The van der Waals surface area contributed by atoms with Gasteiger partial charge in [0, 0.05) is 14.1 Å². The van der Waals surface area contributed by atoms with Gasteiger partial charge in [0.1, 0.15) is 22.4 Å². The van der Waals surface area contributed by atoms with E-state index in [1.807, 2.05) is 18.2 Å². The van der Waals surface area contributed by atoms with Gasteiger partial charge in [-0.1, -0.05) is 23.9 Å². The van der Waals surface area contributed by atoms with Crippen molar-refractivity contribution in [3.63, 3.8) is 0 Å². The van der Waals surface area contributed by atoms with E-state index in [2.05, 4.69) is 0 Å². The van der Waals surface area contributed by atoms with Crippen LogP contribution in [0.4, 0.5) is 0 Å². The van der Waals surface area contributed by atoms with Gasteiger partial charge in [-0.3, -0.25) is 13.9 Å². The Hall–Kier alpha value is -2.46. The summed E-state index contributed by atoms with van der Waals surface area (Å²) in [7, 11) is 4.41. The lowest BCUT2D eigenvalue weighted by atomic mass is 10.3. The molecule has 1 heterocycles. The number of para-hydroxylation sites is 1. The zero-order chi connectivity index (χ0) is 15.6. The third-order valence-corrected chi connectivity index (χ3v) is 4.23. The van der Waals surface area contributed by atoms with E-state index in [-0.39, 0.29) is 5.56 Å². The molecular weight excluding hydrogens is 290 g/mol. The van der Waals surface area contributed by atoms with Crippen LogP contribution in [-0.4, -0.2) is 16.2 Å². The molecule has 0 bridgehead atoms. The van der Waals surface area contributed by atoms with Crippen LogP contribution in [0.5, 0.6) is 5.75 Å². The second-order valence-corrected chi connectivity index (χ2v) is 5.28. The molecule has 0 saturated carbocycles. The Bertz CT molecular complexity index is 846. The number of aromatic nitrogens is 2. The molecule has 7 heteroatoms. The molecule has 0 saturated heterocycles. The third kappa shape index (κ3) is 2.58. The average molecular weight is 303 g/mol. The van der Waals surface area contributed by atoms with Gasteiger partial charge in [0.15, 0.2) is 0 Å². The molecular formula is C14H13N3O3S. The summed E-state index contributed by atoms with van der Waals surface area (Å²) in [5.74, 6) is 0.611. The van der Waals surface area contributed by atoms with Crippen molar-refractivity contribution in [2.75, 3.05) is 7.11 Å². The predicted molar refractivity (Wildman–Crippen MR) is 78.8 cm³/mol. The first-order valence-electron chi connectivity index (χ1n) is 6.02. The number of hydrogen-bond donors (Lipinski definition) is 0. The van der Waals surface area contributed by atoms with Gasteiger partial charge in [0.05, 0.1) is 12.0 Å². The Morgan fingerprint density at radius 1 is 1.19 bits per heavy atom. The molecule has 0 atom stereocenters. The monoisotopic (exact) mass is 303 g/mol. The lowest BCUT2D eigenvalue weighted by Gasteiger charge is -2.12. The Morgan fingerprint density at radius 3 is 2.48 bits per heavy atom. The summed E-state index contributed by atoms with van der Waals surface area (Å²) >= 11 is 1.16. The van der Waals surface area contributed by atoms with Crippen LogP contribution < -0.4 is 16.0 Å². The highest BCUT2D eigenvalue weighted by molar-refractivity contribution is 7.99. The molecule has 21 heavy (non-hydrogen) atoms. The Labute approximate surface area is 125 Å². The summed E-state index contributed by atoms with van der Waals surface area (Å²) in [5, 5.41) is 9.52. The van der Waals surface area contributed by atoms with Gasteiger partial charge in [0.25, 0.3) is 5.56 Å². The van der Waals surface area contributed by atoms with Gasteiger partial charge in [-0.05, 0) is 12.1 Å². The standard InChI is InChI=1S/C14H13N3O3S/c1-16-12(18)9(8-15)13(17(2)14(16)19)21-11-7-5-4-6-10(11)20-3/h4-7H,1-3H3. The first kappa shape index (κ1) is 14.9. The minimum atomic E-state index is -0.599. The Morgan fingerprint density at radius 2 is 1.86 bits per heavy atom. The number of rotatable bonds is 3. The first-order valence-corrected chi connectivity index (χ1v) is 6.84. The van der Waals surface area contributed by atoms with Crippen LogP contribution in [0.3, 0.4) is 0 Å². The van der Waals surface area contributed by atoms with Crippen LogP contribution in [0.25, 0.3) is 0 Å². The van der Waals surface area contributed by atoms with Crippen molar-refractivity contribution in [3.8, 4) is 11.8 Å². The molecule has 0 N–H and O–H groups in total. The van der Waals surface area contributed by atoms with E-state index in [1.165, 1.54) is 25.8 Å². The van der Waals surface area contributed by atoms with Gasteiger partial charge in [-0.2, -0.15) is 5.26 Å². The largest absolute Gasteiger partial charge is 0.496 e. The normalized spacial score (nSPS) is 10.2. The van der Waals surface area contributed by atoms with Gasteiger partial charge in [-0.15, -0.1) is 0 Å². The molecule has 0 aliphatic rings. The topological polar surface area (TPSA) is 77.0 Å². The summed E-state index contributed by atoms with van der Waals surface area (Å²) in [6, 6.07) is 9.08.